The van der Waals surface area contributed by atoms with E-state index in [4.69, 9.17) is 9.47 Å². The van der Waals surface area contributed by atoms with Gasteiger partial charge in [-0.05, 0) is 0 Å². The van der Waals surface area contributed by atoms with Crippen molar-refractivity contribution in [3.63, 3.8) is 0 Å². The second-order valence-corrected chi connectivity index (χ2v) is 4.81. The number of hydrogen-bond donors (Lipinski definition) is 0. The molecule has 0 bridgehead atoms. The van der Waals surface area contributed by atoms with Crippen molar-refractivity contribution in [2.45, 2.75) is 0 Å². The van der Waals surface area contributed by atoms with Crippen LogP contribution in [0.4, 0.5) is 0 Å². The third-order valence-electron chi connectivity index (χ3n) is 2.94. The molecule has 136 valence electrons. The molecule has 4 rings (SSSR count). The predicted molar refractivity (Wildman–Crippen MR) is 108 cm³/mol. The molecule has 27 heavy (non-hydrogen) atoms. The summed E-state index contributed by atoms with van der Waals surface area (Å²) in [5, 5.41) is 0. The average molecular weight is 392 g/mol. The Morgan fingerprint density at radius 1 is 0.630 bits per heavy atom. The molecule has 0 heterocycles. The number of methoxy groups -OCH3 is 2. The summed E-state index contributed by atoms with van der Waals surface area (Å²) in [7, 11) is 3.28. The van der Waals surface area contributed by atoms with E-state index < -0.39 is 0 Å². The first-order valence-corrected chi connectivity index (χ1v) is 8.20. The van der Waals surface area contributed by atoms with Gasteiger partial charge in [-0.25, -0.2) is 24.3 Å². The van der Waals surface area contributed by atoms with Crippen LogP contribution in [0.1, 0.15) is 0 Å². The van der Waals surface area contributed by atoms with Gasteiger partial charge in [-0.3, -0.25) is 0 Å². The molecule has 0 fully saturated rings. The maximum Gasteiger partial charge on any atom is 4.00 e. The standard InChI is InChI=1S/2C7H7O.2C5H5.Ti/c2*1-8-7-5-3-2-4-6-7;2*1-2-4-5-3-1;/h2*2-3,5-6H,1H3;2*1-5H;/q4*-1;+4. The third kappa shape index (κ3) is 14.3. The van der Waals surface area contributed by atoms with E-state index in [-0.39, 0.29) is 21.7 Å². The van der Waals surface area contributed by atoms with Gasteiger partial charge in [0.25, 0.3) is 0 Å². The van der Waals surface area contributed by atoms with E-state index in [0.717, 1.165) is 11.5 Å². The van der Waals surface area contributed by atoms with E-state index in [2.05, 4.69) is 12.1 Å². The fourth-order valence-electron chi connectivity index (χ4n) is 1.65. The molecule has 3 heteroatoms. The number of rotatable bonds is 2. The summed E-state index contributed by atoms with van der Waals surface area (Å²) < 4.78 is 9.77. The normalized spacial score (nSPS) is 8.07. The molecule has 0 unspecified atom stereocenters. The van der Waals surface area contributed by atoms with Crippen LogP contribution in [0.2, 0.25) is 0 Å². The molecule has 0 spiro atoms. The molecule has 0 radical (unpaired) electrons. The molecule has 0 aliphatic rings. The van der Waals surface area contributed by atoms with Crippen LogP contribution in [-0.2, 0) is 21.7 Å². The SMILES string of the molecule is COc1c[c-]ccc1.COc1c[c-]ccc1.[Ti+4].c1cc[cH-]c1.c1cc[cH-]c1. The minimum atomic E-state index is 0. The van der Waals surface area contributed by atoms with Crippen LogP contribution in [0.15, 0.2) is 109 Å². The Balaban J connectivity index is 0.000000337. The van der Waals surface area contributed by atoms with Crippen molar-refractivity contribution in [2.24, 2.45) is 0 Å². The van der Waals surface area contributed by atoms with Crippen LogP contribution < -0.4 is 9.47 Å². The van der Waals surface area contributed by atoms with Crippen LogP contribution in [-0.4, -0.2) is 14.2 Å². The minimum Gasteiger partial charge on any atom is -0.554 e. The van der Waals surface area contributed by atoms with Crippen LogP contribution >= 0.6 is 0 Å². The summed E-state index contributed by atoms with van der Waals surface area (Å²) in [5.74, 6) is 1.71. The van der Waals surface area contributed by atoms with Crippen LogP contribution in [0.3, 0.4) is 0 Å². The Bertz CT molecular complexity index is 606. The first-order chi connectivity index (χ1) is 12.9. The molecule has 0 aliphatic heterocycles. The monoisotopic (exact) mass is 392 g/mol. The molecule has 0 aromatic heterocycles. The van der Waals surface area contributed by atoms with Crippen LogP contribution in [0.25, 0.3) is 0 Å². The van der Waals surface area contributed by atoms with E-state index in [1.807, 2.05) is 97.1 Å². The summed E-state index contributed by atoms with van der Waals surface area (Å²) in [4.78, 5) is 0. The van der Waals surface area contributed by atoms with Crippen molar-refractivity contribution in [2.75, 3.05) is 14.2 Å². The molecular weight excluding hydrogens is 368 g/mol. The molecule has 0 N–H and O–H groups in total. The smallest absolute Gasteiger partial charge is 0.554 e. The van der Waals surface area contributed by atoms with Gasteiger partial charge in [-0.1, -0.05) is 0 Å². The van der Waals surface area contributed by atoms with Crippen molar-refractivity contribution < 1.29 is 31.2 Å². The fourth-order valence-corrected chi connectivity index (χ4v) is 1.65. The molecule has 0 aliphatic carbocycles. The Hall–Kier alpha value is -2.55. The van der Waals surface area contributed by atoms with Gasteiger partial charge in [-0.15, -0.1) is 24.3 Å². The molecule has 0 amide bonds. The van der Waals surface area contributed by atoms with Gasteiger partial charge in [0, 0.05) is 11.5 Å². The number of hydrogen-bond acceptors (Lipinski definition) is 2. The summed E-state index contributed by atoms with van der Waals surface area (Å²) in [6, 6.07) is 40.6. The van der Waals surface area contributed by atoms with Gasteiger partial charge in [0.1, 0.15) is 0 Å². The maximum atomic E-state index is 4.88. The van der Waals surface area contributed by atoms with Crippen LogP contribution in [0, 0.1) is 12.1 Å². The maximum absolute atomic E-state index is 4.88. The van der Waals surface area contributed by atoms with E-state index in [9.17, 15) is 0 Å². The van der Waals surface area contributed by atoms with Crippen molar-refractivity contribution in [1.82, 2.24) is 0 Å². The van der Waals surface area contributed by atoms with Crippen molar-refractivity contribution in [1.29, 1.82) is 0 Å². The van der Waals surface area contributed by atoms with Gasteiger partial charge in [0.2, 0.25) is 0 Å². The fraction of sp³-hybridized carbons (Fsp3) is 0.0833. The first kappa shape index (κ1) is 24.5. The minimum absolute atomic E-state index is 0. The van der Waals surface area contributed by atoms with Gasteiger partial charge in [0.05, 0.1) is 14.2 Å². The molecule has 0 atom stereocenters. The largest absolute Gasteiger partial charge is 4.00 e. The van der Waals surface area contributed by atoms with E-state index >= 15 is 0 Å². The quantitative estimate of drug-likeness (QED) is 0.317. The van der Waals surface area contributed by atoms with Gasteiger partial charge in [-0.2, -0.15) is 72.8 Å². The zero-order valence-electron chi connectivity index (χ0n) is 15.7. The van der Waals surface area contributed by atoms with E-state index in [1.54, 1.807) is 26.4 Å². The Morgan fingerprint density at radius 3 is 1.15 bits per heavy atom. The molecule has 0 saturated heterocycles. The zero-order valence-corrected chi connectivity index (χ0v) is 17.3. The second-order valence-electron chi connectivity index (χ2n) is 4.81. The van der Waals surface area contributed by atoms with Gasteiger partial charge < -0.3 is 9.47 Å². The summed E-state index contributed by atoms with van der Waals surface area (Å²) in [6.45, 7) is 0. The van der Waals surface area contributed by atoms with E-state index in [1.165, 1.54) is 0 Å². The summed E-state index contributed by atoms with van der Waals surface area (Å²) in [6.07, 6.45) is 0. The van der Waals surface area contributed by atoms with Crippen molar-refractivity contribution >= 4 is 0 Å². The molecule has 0 saturated carbocycles. The van der Waals surface area contributed by atoms with Gasteiger partial charge >= 0.3 is 21.7 Å². The molecule has 4 aromatic rings. The number of ether oxygens (including phenoxy) is 2. The molecule has 4 aromatic carbocycles. The van der Waals surface area contributed by atoms with Crippen LogP contribution in [0.5, 0.6) is 11.5 Å². The number of benzene rings is 2. The summed E-state index contributed by atoms with van der Waals surface area (Å²) >= 11 is 0. The molecular formula is C24H24O2Ti. The molecule has 2 nitrogen and oxygen atoms in total. The Labute approximate surface area is 178 Å². The van der Waals surface area contributed by atoms with Crippen molar-refractivity contribution in [3.8, 4) is 11.5 Å². The predicted octanol–water partition coefficient (Wildman–Crippen LogP) is 5.80. The Kier molecular flexibility index (Phi) is 16.5. The van der Waals surface area contributed by atoms with Crippen molar-refractivity contribution in [3.05, 3.63) is 121 Å². The van der Waals surface area contributed by atoms with Gasteiger partial charge in [0.15, 0.2) is 0 Å². The van der Waals surface area contributed by atoms with E-state index in [0.29, 0.717) is 0 Å². The topological polar surface area (TPSA) is 18.5 Å². The third-order valence-corrected chi connectivity index (χ3v) is 2.94. The second kappa shape index (κ2) is 18.3. The zero-order chi connectivity index (χ0) is 18.7. The summed E-state index contributed by atoms with van der Waals surface area (Å²) in [5.41, 5.74) is 0. The average Bonchev–Trinajstić information content (AvgIpc) is 3.48. The Morgan fingerprint density at radius 2 is 1.00 bits per heavy atom. The first-order valence-electron chi connectivity index (χ1n) is 8.20.